The van der Waals surface area contributed by atoms with Crippen molar-refractivity contribution in [2.24, 2.45) is 0 Å². The van der Waals surface area contributed by atoms with E-state index in [9.17, 15) is 4.79 Å². The maximum Gasteiger partial charge on any atom is 0.194 e. The molecule has 0 amide bonds. The van der Waals surface area contributed by atoms with Crippen molar-refractivity contribution in [3.63, 3.8) is 0 Å². The van der Waals surface area contributed by atoms with E-state index in [4.69, 9.17) is 23.2 Å². The van der Waals surface area contributed by atoms with Gasteiger partial charge in [0, 0.05) is 30.1 Å². The zero-order chi connectivity index (χ0) is 15.0. The van der Waals surface area contributed by atoms with Crippen LogP contribution in [0, 0.1) is 3.57 Å². The van der Waals surface area contributed by atoms with E-state index in [-0.39, 0.29) is 5.78 Å². The zero-order valence-corrected chi connectivity index (χ0v) is 14.4. The van der Waals surface area contributed by atoms with Gasteiger partial charge in [0.15, 0.2) is 5.78 Å². The molecule has 0 N–H and O–H groups in total. The Morgan fingerprint density at radius 3 is 2.33 bits per heavy atom. The van der Waals surface area contributed by atoms with Crippen LogP contribution in [-0.2, 0) is 0 Å². The molecule has 4 heteroatoms. The maximum absolute atomic E-state index is 12.8. The molecule has 0 aromatic heterocycles. The first-order chi connectivity index (χ1) is 10.1. The molecule has 0 saturated carbocycles. The minimum absolute atomic E-state index is 0.0465. The van der Waals surface area contributed by atoms with Crippen LogP contribution in [0.5, 0.6) is 0 Å². The number of rotatable bonds is 2. The lowest BCUT2D eigenvalue weighted by atomic mass is 9.97. The van der Waals surface area contributed by atoms with Crippen LogP contribution in [0.15, 0.2) is 54.6 Å². The van der Waals surface area contributed by atoms with Gasteiger partial charge in [-0.15, -0.1) is 0 Å². The third kappa shape index (κ3) is 2.80. The summed E-state index contributed by atoms with van der Waals surface area (Å²) in [5, 5.41) is 2.92. The molecule has 0 unspecified atom stereocenters. The molecule has 3 aromatic carbocycles. The van der Waals surface area contributed by atoms with E-state index < -0.39 is 0 Å². The Labute approximate surface area is 146 Å². The molecule has 0 aliphatic carbocycles. The Hall–Kier alpha value is -1.10. The average molecular weight is 427 g/mol. The van der Waals surface area contributed by atoms with Crippen LogP contribution in [0.2, 0.25) is 10.0 Å². The minimum Gasteiger partial charge on any atom is -0.289 e. The van der Waals surface area contributed by atoms with Crippen molar-refractivity contribution in [3.05, 3.63) is 79.3 Å². The molecule has 21 heavy (non-hydrogen) atoms. The number of carbonyl (C=O) groups is 1. The van der Waals surface area contributed by atoms with Gasteiger partial charge in [0.25, 0.3) is 0 Å². The van der Waals surface area contributed by atoms with Crippen LogP contribution in [0.1, 0.15) is 15.9 Å². The molecule has 1 nitrogen and oxygen atoms in total. The average Bonchev–Trinajstić information content (AvgIpc) is 2.50. The Balaban J connectivity index is 2.23. The standard InChI is InChI=1S/C17H9Cl2IO/c18-10-5-8-16(20)14(9-10)17(21)13-6-7-15(19)12-4-2-1-3-11(12)13/h1-9H. The Bertz CT molecular complexity index is 859. The maximum atomic E-state index is 12.8. The molecule has 0 aliphatic rings. The van der Waals surface area contributed by atoms with Gasteiger partial charge in [-0.05, 0) is 58.3 Å². The van der Waals surface area contributed by atoms with E-state index in [1.165, 1.54) is 0 Å². The first kappa shape index (κ1) is 14.8. The lowest BCUT2D eigenvalue weighted by Gasteiger charge is -2.09. The van der Waals surface area contributed by atoms with Gasteiger partial charge in [-0.1, -0.05) is 47.5 Å². The third-order valence-electron chi connectivity index (χ3n) is 3.29. The fourth-order valence-corrected chi connectivity index (χ4v) is 3.26. The molecule has 3 rings (SSSR count). The highest BCUT2D eigenvalue weighted by molar-refractivity contribution is 14.1. The van der Waals surface area contributed by atoms with Crippen LogP contribution in [0.4, 0.5) is 0 Å². The van der Waals surface area contributed by atoms with Gasteiger partial charge in [-0.2, -0.15) is 0 Å². The molecule has 0 saturated heterocycles. The molecular weight excluding hydrogens is 418 g/mol. The van der Waals surface area contributed by atoms with Gasteiger partial charge in [-0.25, -0.2) is 0 Å². The van der Waals surface area contributed by atoms with Gasteiger partial charge in [0.1, 0.15) is 0 Å². The lowest BCUT2D eigenvalue weighted by molar-refractivity contribution is 0.103. The highest BCUT2D eigenvalue weighted by atomic mass is 127. The Kier molecular flexibility index (Phi) is 4.20. The summed E-state index contributed by atoms with van der Waals surface area (Å²) in [5.41, 5.74) is 1.24. The van der Waals surface area contributed by atoms with Crippen LogP contribution < -0.4 is 0 Å². The predicted molar refractivity (Wildman–Crippen MR) is 96.6 cm³/mol. The molecule has 0 radical (unpaired) electrons. The van der Waals surface area contributed by atoms with Crippen molar-refractivity contribution >= 4 is 62.3 Å². The second kappa shape index (κ2) is 5.95. The van der Waals surface area contributed by atoms with Crippen molar-refractivity contribution in [2.45, 2.75) is 0 Å². The molecule has 0 bridgehead atoms. The summed E-state index contributed by atoms with van der Waals surface area (Å²) in [7, 11) is 0. The van der Waals surface area contributed by atoms with E-state index in [1.54, 1.807) is 24.3 Å². The molecule has 0 spiro atoms. The van der Waals surface area contributed by atoms with Gasteiger partial charge < -0.3 is 0 Å². The predicted octanol–water partition coefficient (Wildman–Crippen LogP) is 5.98. The normalized spacial score (nSPS) is 10.8. The second-order valence-electron chi connectivity index (χ2n) is 4.59. The number of halogens is 3. The topological polar surface area (TPSA) is 17.1 Å². The molecule has 0 aliphatic heterocycles. The largest absolute Gasteiger partial charge is 0.289 e. The SMILES string of the molecule is O=C(c1cc(Cl)ccc1I)c1ccc(Cl)c2ccccc12. The summed E-state index contributed by atoms with van der Waals surface area (Å²) >= 11 is 14.4. The van der Waals surface area contributed by atoms with Crippen LogP contribution in [0.3, 0.4) is 0 Å². The van der Waals surface area contributed by atoms with Crippen molar-refractivity contribution in [1.29, 1.82) is 0 Å². The van der Waals surface area contributed by atoms with Crippen molar-refractivity contribution in [2.75, 3.05) is 0 Å². The molecule has 104 valence electrons. The Morgan fingerprint density at radius 1 is 0.857 bits per heavy atom. The fourth-order valence-electron chi connectivity index (χ4n) is 2.28. The summed E-state index contributed by atoms with van der Waals surface area (Å²) in [6, 6.07) is 16.5. The summed E-state index contributed by atoms with van der Waals surface area (Å²) in [4.78, 5) is 12.8. The van der Waals surface area contributed by atoms with Crippen molar-refractivity contribution in [3.8, 4) is 0 Å². The quantitative estimate of drug-likeness (QED) is 0.363. The van der Waals surface area contributed by atoms with Gasteiger partial charge in [0.05, 0.1) is 0 Å². The molecule has 0 fully saturated rings. The number of fused-ring (bicyclic) bond motifs is 1. The highest BCUT2D eigenvalue weighted by Gasteiger charge is 2.16. The molecule has 0 heterocycles. The lowest BCUT2D eigenvalue weighted by Crippen LogP contribution is -2.04. The molecular formula is C17H9Cl2IO. The first-order valence-electron chi connectivity index (χ1n) is 6.25. The number of ketones is 1. The van der Waals surface area contributed by atoms with Crippen LogP contribution in [0.25, 0.3) is 10.8 Å². The Morgan fingerprint density at radius 2 is 1.57 bits per heavy atom. The highest BCUT2D eigenvalue weighted by Crippen LogP contribution is 2.29. The summed E-state index contributed by atoms with van der Waals surface area (Å²) in [6.07, 6.45) is 0. The summed E-state index contributed by atoms with van der Waals surface area (Å²) in [6.45, 7) is 0. The van der Waals surface area contributed by atoms with E-state index in [1.807, 2.05) is 30.3 Å². The smallest absolute Gasteiger partial charge is 0.194 e. The van der Waals surface area contributed by atoms with E-state index in [0.29, 0.717) is 21.2 Å². The van der Waals surface area contributed by atoms with Gasteiger partial charge in [-0.3, -0.25) is 4.79 Å². The minimum atomic E-state index is -0.0465. The third-order valence-corrected chi connectivity index (χ3v) is 4.79. The van der Waals surface area contributed by atoms with Crippen LogP contribution >= 0.6 is 45.8 Å². The number of carbonyl (C=O) groups excluding carboxylic acids is 1. The van der Waals surface area contributed by atoms with Crippen molar-refractivity contribution < 1.29 is 4.79 Å². The molecule has 0 atom stereocenters. The number of hydrogen-bond acceptors (Lipinski definition) is 1. The van der Waals surface area contributed by atoms with Gasteiger partial charge in [0.2, 0.25) is 0 Å². The van der Waals surface area contributed by atoms with E-state index in [2.05, 4.69) is 22.6 Å². The second-order valence-corrected chi connectivity index (χ2v) is 6.60. The van der Waals surface area contributed by atoms with E-state index >= 15 is 0 Å². The zero-order valence-electron chi connectivity index (χ0n) is 10.7. The number of hydrogen-bond donors (Lipinski definition) is 0. The van der Waals surface area contributed by atoms with Crippen molar-refractivity contribution in [1.82, 2.24) is 0 Å². The van der Waals surface area contributed by atoms with Gasteiger partial charge >= 0.3 is 0 Å². The number of benzene rings is 3. The summed E-state index contributed by atoms with van der Waals surface area (Å²) < 4.78 is 0.876. The fraction of sp³-hybridized carbons (Fsp3) is 0. The van der Waals surface area contributed by atoms with Crippen LogP contribution in [-0.4, -0.2) is 5.78 Å². The summed E-state index contributed by atoms with van der Waals surface area (Å²) in [5.74, 6) is -0.0465. The molecule has 3 aromatic rings. The first-order valence-corrected chi connectivity index (χ1v) is 8.08. The monoisotopic (exact) mass is 426 g/mol. The van der Waals surface area contributed by atoms with E-state index in [0.717, 1.165) is 14.3 Å².